The minimum Gasteiger partial charge on any atom is -0.491 e. The van der Waals surface area contributed by atoms with Crippen LogP contribution in [0.4, 0.5) is 0 Å². The van der Waals surface area contributed by atoms with E-state index in [-0.39, 0.29) is 24.0 Å². The second kappa shape index (κ2) is 13.2. The molecule has 0 aromatic heterocycles. The maximum absolute atomic E-state index is 5.80. The Labute approximate surface area is 168 Å². The van der Waals surface area contributed by atoms with Gasteiger partial charge in [-0.3, -0.25) is 9.89 Å². The van der Waals surface area contributed by atoms with E-state index in [0.717, 1.165) is 69.8 Å². The molecule has 0 amide bonds. The highest BCUT2D eigenvalue weighted by molar-refractivity contribution is 14.0. The van der Waals surface area contributed by atoms with Crippen LogP contribution in [0, 0.1) is 6.92 Å². The van der Waals surface area contributed by atoms with Gasteiger partial charge in [0.05, 0.1) is 26.3 Å². The number of guanidine groups is 1. The third kappa shape index (κ3) is 8.73. The first-order valence-electron chi connectivity index (χ1n) is 8.80. The average molecular weight is 462 g/mol. The molecular weight excluding hydrogens is 431 g/mol. The van der Waals surface area contributed by atoms with Gasteiger partial charge in [-0.1, -0.05) is 18.2 Å². The lowest BCUT2D eigenvalue weighted by Crippen LogP contribution is -2.41. The van der Waals surface area contributed by atoms with Crippen molar-refractivity contribution in [2.24, 2.45) is 4.99 Å². The fourth-order valence-electron chi connectivity index (χ4n) is 2.52. The van der Waals surface area contributed by atoms with Gasteiger partial charge < -0.3 is 20.1 Å². The third-order valence-corrected chi connectivity index (χ3v) is 3.88. The van der Waals surface area contributed by atoms with Gasteiger partial charge in [0.1, 0.15) is 12.4 Å². The normalized spacial score (nSPS) is 15.4. The molecule has 0 aliphatic carbocycles. The highest BCUT2D eigenvalue weighted by atomic mass is 127. The molecule has 0 saturated carbocycles. The standard InChI is InChI=1S/C18H30N4O2.HI/c1-3-19-18(20-8-10-22-11-14-23-15-12-22)21-9-13-24-17-7-5-4-6-16(17)2;/h4-7H,3,8-15H2,1-2H3,(H2,19,20,21);1H. The van der Waals surface area contributed by atoms with Crippen LogP contribution in [0.15, 0.2) is 29.3 Å². The molecule has 1 heterocycles. The molecule has 2 rings (SSSR count). The maximum Gasteiger partial charge on any atom is 0.191 e. The Morgan fingerprint density at radius 2 is 2.00 bits per heavy atom. The van der Waals surface area contributed by atoms with E-state index in [0.29, 0.717) is 6.61 Å². The first kappa shape index (κ1) is 22.0. The van der Waals surface area contributed by atoms with Crippen LogP contribution in [0.3, 0.4) is 0 Å². The summed E-state index contributed by atoms with van der Waals surface area (Å²) in [4.78, 5) is 7.01. The number of hydrogen-bond donors (Lipinski definition) is 2. The minimum atomic E-state index is 0. The molecule has 1 fully saturated rings. The van der Waals surface area contributed by atoms with E-state index in [2.05, 4.69) is 40.4 Å². The van der Waals surface area contributed by atoms with Crippen LogP contribution in [0.5, 0.6) is 5.75 Å². The molecule has 25 heavy (non-hydrogen) atoms. The second-order valence-corrected chi connectivity index (χ2v) is 5.76. The number of halogens is 1. The van der Waals surface area contributed by atoms with Crippen molar-refractivity contribution in [2.45, 2.75) is 13.8 Å². The number of morpholine rings is 1. The molecule has 0 unspecified atom stereocenters. The number of aryl methyl sites for hydroxylation is 1. The predicted molar refractivity (Wildman–Crippen MR) is 113 cm³/mol. The molecule has 142 valence electrons. The number of nitrogens with zero attached hydrogens (tertiary/aromatic N) is 2. The van der Waals surface area contributed by atoms with E-state index in [4.69, 9.17) is 9.47 Å². The number of hydrogen-bond acceptors (Lipinski definition) is 4. The second-order valence-electron chi connectivity index (χ2n) is 5.76. The molecule has 2 N–H and O–H groups in total. The van der Waals surface area contributed by atoms with Crippen molar-refractivity contribution in [2.75, 3.05) is 59.1 Å². The Morgan fingerprint density at radius 3 is 2.72 bits per heavy atom. The van der Waals surface area contributed by atoms with E-state index >= 15 is 0 Å². The van der Waals surface area contributed by atoms with Crippen molar-refractivity contribution in [3.8, 4) is 5.75 Å². The van der Waals surface area contributed by atoms with Crippen LogP contribution in [-0.2, 0) is 4.74 Å². The van der Waals surface area contributed by atoms with Gasteiger partial charge in [-0.2, -0.15) is 0 Å². The van der Waals surface area contributed by atoms with E-state index in [1.54, 1.807) is 0 Å². The molecule has 1 aliphatic rings. The summed E-state index contributed by atoms with van der Waals surface area (Å²) in [5.74, 6) is 1.78. The summed E-state index contributed by atoms with van der Waals surface area (Å²) in [6.45, 7) is 11.7. The summed E-state index contributed by atoms with van der Waals surface area (Å²) in [5.41, 5.74) is 1.16. The van der Waals surface area contributed by atoms with Crippen molar-refractivity contribution in [3.05, 3.63) is 29.8 Å². The molecule has 0 radical (unpaired) electrons. The summed E-state index contributed by atoms with van der Waals surface area (Å²) in [7, 11) is 0. The van der Waals surface area contributed by atoms with Gasteiger partial charge in [-0.05, 0) is 25.5 Å². The Hall–Kier alpha value is -1.06. The lowest BCUT2D eigenvalue weighted by Gasteiger charge is -2.25. The molecule has 0 atom stereocenters. The van der Waals surface area contributed by atoms with Crippen LogP contribution >= 0.6 is 24.0 Å². The van der Waals surface area contributed by atoms with Gasteiger partial charge >= 0.3 is 0 Å². The predicted octanol–water partition coefficient (Wildman–Crippen LogP) is 1.88. The van der Waals surface area contributed by atoms with Gasteiger partial charge in [-0.15, -0.1) is 24.0 Å². The number of benzene rings is 1. The lowest BCUT2D eigenvalue weighted by molar-refractivity contribution is 0.0394. The fraction of sp³-hybridized carbons (Fsp3) is 0.611. The Kier molecular flexibility index (Phi) is 11.6. The maximum atomic E-state index is 5.80. The molecule has 1 saturated heterocycles. The molecule has 7 heteroatoms. The van der Waals surface area contributed by atoms with Crippen LogP contribution in [-0.4, -0.2) is 69.9 Å². The lowest BCUT2D eigenvalue weighted by atomic mass is 10.2. The summed E-state index contributed by atoms with van der Waals surface area (Å²) in [5, 5.41) is 6.59. The molecule has 1 aromatic rings. The first-order valence-corrected chi connectivity index (χ1v) is 8.80. The summed E-state index contributed by atoms with van der Waals surface area (Å²) < 4.78 is 11.2. The van der Waals surface area contributed by atoms with Gasteiger partial charge in [0.2, 0.25) is 0 Å². The van der Waals surface area contributed by atoms with Crippen LogP contribution in [0.2, 0.25) is 0 Å². The number of para-hydroxylation sites is 1. The van der Waals surface area contributed by atoms with E-state index in [9.17, 15) is 0 Å². The van der Waals surface area contributed by atoms with Crippen molar-refractivity contribution in [1.82, 2.24) is 15.5 Å². The number of rotatable bonds is 8. The zero-order chi connectivity index (χ0) is 17.0. The zero-order valence-electron chi connectivity index (χ0n) is 15.3. The highest BCUT2D eigenvalue weighted by Crippen LogP contribution is 2.15. The van der Waals surface area contributed by atoms with Crippen molar-refractivity contribution < 1.29 is 9.47 Å². The minimum absolute atomic E-state index is 0. The Bertz CT molecular complexity index is 508. The summed E-state index contributed by atoms with van der Waals surface area (Å²) in [6, 6.07) is 8.06. The monoisotopic (exact) mass is 462 g/mol. The van der Waals surface area contributed by atoms with Gasteiger partial charge in [0, 0.05) is 26.2 Å². The molecule has 6 nitrogen and oxygen atoms in total. The smallest absolute Gasteiger partial charge is 0.191 e. The van der Waals surface area contributed by atoms with E-state index in [1.807, 2.05) is 18.2 Å². The quantitative estimate of drug-likeness (QED) is 0.268. The number of aliphatic imine (C=N–C) groups is 1. The summed E-state index contributed by atoms with van der Waals surface area (Å²) in [6.07, 6.45) is 0. The summed E-state index contributed by atoms with van der Waals surface area (Å²) >= 11 is 0. The Morgan fingerprint density at radius 1 is 1.24 bits per heavy atom. The molecule has 0 bridgehead atoms. The van der Waals surface area contributed by atoms with Gasteiger partial charge in [0.25, 0.3) is 0 Å². The van der Waals surface area contributed by atoms with Crippen LogP contribution in [0.1, 0.15) is 12.5 Å². The van der Waals surface area contributed by atoms with E-state index < -0.39 is 0 Å². The van der Waals surface area contributed by atoms with Crippen LogP contribution in [0.25, 0.3) is 0 Å². The van der Waals surface area contributed by atoms with Gasteiger partial charge in [0.15, 0.2) is 5.96 Å². The Balaban J connectivity index is 0.00000312. The molecular formula is C18H31IN4O2. The van der Waals surface area contributed by atoms with Crippen LogP contribution < -0.4 is 15.4 Å². The van der Waals surface area contributed by atoms with Crippen molar-refractivity contribution in [3.63, 3.8) is 0 Å². The van der Waals surface area contributed by atoms with E-state index in [1.165, 1.54) is 0 Å². The van der Waals surface area contributed by atoms with Gasteiger partial charge in [-0.25, -0.2) is 0 Å². The fourth-order valence-corrected chi connectivity index (χ4v) is 2.52. The van der Waals surface area contributed by atoms with Crippen molar-refractivity contribution in [1.29, 1.82) is 0 Å². The SMILES string of the molecule is CCNC(=NCCN1CCOCC1)NCCOc1ccccc1C.I. The topological polar surface area (TPSA) is 58.1 Å². The number of ether oxygens (including phenoxy) is 2. The average Bonchev–Trinajstić information content (AvgIpc) is 2.61. The molecule has 0 spiro atoms. The van der Waals surface area contributed by atoms with Crippen molar-refractivity contribution >= 4 is 29.9 Å². The third-order valence-electron chi connectivity index (χ3n) is 3.88. The first-order chi connectivity index (χ1) is 11.8. The molecule has 1 aliphatic heterocycles. The highest BCUT2D eigenvalue weighted by Gasteiger charge is 2.09. The largest absolute Gasteiger partial charge is 0.491 e. The molecule has 1 aromatic carbocycles. The number of nitrogens with one attached hydrogen (secondary N) is 2. The zero-order valence-corrected chi connectivity index (χ0v) is 17.6.